The van der Waals surface area contributed by atoms with Crippen molar-refractivity contribution in [3.8, 4) is 0 Å². The van der Waals surface area contributed by atoms with Gasteiger partial charge in [0.25, 0.3) is 0 Å². The summed E-state index contributed by atoms with van der Waals surface area (Å²) in [7, 11) is 0. The maximum atomic E-state index is 10.8. The summed E-state index contributed by atoms with van der Waals surface area (Å²) in [6.07, 6.45) is 0. The third-order valence-electron chi connectivity index (χ3n) is 12.4. The largest absolute Gasteiger partial charge is 0.310 e. The van der Waals surface area contributed by atoms with Crippen LogP contribution in [-0.4, -0.2) is 8.80 Å². The zero-order valence-electron chi connectivity index (χ0n) is 60.5. The van der Waals surface area contributed by atoms with Crippen LogP contribution in [-0.2, 0) is 10.8 Å². The predicted molar refractivity (Wildman–Crippen MR) is 283 cm³/mol. The number of aromatic nitrogens is 2. The van der Waals surface area contributed by atoms with E-state index in [0.29, 0.717) is 11.4 Å². The van der Waals surface area contributed by atoms with Gasteiger partial charge < -0.3 is 18.6 Å². The molecule has 0 unspecified atom stereocenters. The Morgan fingerprint density at radius 3 is 1.11 bits per heavy atom. The van der Waals surface area contributed by atoms with E-state index in [9.17, 15) is 16.4 Å². The number of nitrogens with zero attached hydrogens (tertiary/aromatic N) is 4. The van der Waals surface area contributed by atoms with Gasteiger partial charge in [0.05, 0.1) is 66.4 Å². The number of benzene rings is 9. The highest BCUT2D eigenvalue weighted by Crippen LogP contribution is 2.52. The molecule has 0 aliphatic carbocycles. The summed E-state index contributed by atoms with van der Waals surface area (Å²) in [4.78, 5) is 2.99. The molecule has 13 aromatic rings. The molecule has 4 heteroatoms. The van der Waals surface area contributed by atoms with Crippen molar-refractivity contribution in [3.63, 3.8) is 0 Å². The quantitative estimate of drug-likeness (QED) is 0.165. The number of para-hydroxylation sites is 6. The lowest BCUT2D eigenvalue weighted by Gasteiger charge is -2.26. The molecule has 4 heterocycles. The van der Waals surface area contributed by atoms with Crippen molar-refractivity contribution in [2.24, 2.45) is 0 Å². The molecule has 66 heavy (non-hydrogen) atoms. The van der Waals surface area contributed by atoms with Gasteiger partial charge in [0.15, 0.2) is 0 Å². The maximum absolute atomic E-state index is 10.8. The molecular formula is C62H50N4. The molecule has 0 radical (unpaired) electrons. The third-order valence-corrected chi connectivity index (χ3v) is 12.4. The predicted octanol–water partition coefficient (Wildman–Crippen LogP) is 17.5. The molecule has 9 aromatic carbocycles. The highest BCUT2D eigenvalue weighted by molar-refractivity contribution is 6.32. The number of anilines is 6. The van der Waals surface area contributed by atoms with Gasteiger partial charge in [0, 0.05) is 78.2 Å². The second-order valence-electron chi connectivity index (χ2n) is 17.4. The van der Waals surface area contributed by atoms with Gasteiger partial charge in [-0.05, 0) is 94.7 Å². The molecule has 0 N–H and O–H groups in total. The zero-order chi connectivity index (χ0) is 66.1. The summed E-state index contributed by atoms with van der Waals surface area (Å²) in [6, 6.07) is 15.7. The third kappa shape index (κ3) is 5.39. The van der Waals surface area contributed by atoms with Crippen LogP contribution in [0.5, 0.6) is 0 Å². The van der Waals surface area contributed by atoms with Gasteiger partial charge in [0.2, 0.25) is 0 Å². The highest BCUT2D eigenvalue weighted by Gasteiger charge is 2.31. The van der Waals surface area contributed by atoms with Gasteiger partial charge in [-0.1, -0.05) is 162 Å². The van der Waals surface area contributed by atoms with Crippen LogP contribution in [0, 0.1) is 0 Å². The minimum absolute atomic E-state index is 0.000873. The molecule has 0 atom stereocenters. The van der Waals surface area contributed by atoms with Crippen LogP contribution >= 0.6 is 0 Å². The average molecular weight is 876 g/mol. The number of rotatable bonds is 6. The molecular weight excluding hydrogens is 801 g/mol. The normalized spacial score (nSPS) is 18.7. The lowest BCUT2D eigenvalue weighted by molar-refractivity contribution is 0.594. The highest BCUT2D eigenvalue weighted by atomic mass is 15.2. The van der Waals surface area contributed by atoms with E-state index in [-0.39, 0.29) is 112 Å². The first-order valence-corrected chi connectivity index (χ1v) is 21.2. The zero-order valence-corrected chi connectivity index (χ0v) is 35.5. The summed E-state index contributed by atoms with van der Waals surface area (Å²) in [5.74, 6) is 0. The Bertz CT molecular complexity index is 5140. The van der Waals surface area contributed by atoms with Crippen molar-refractivity contribution in [1.82, 2.24) is 8.80 Å². The second-order valence-corrected chi connectivity index (χ2v) is 17.4. The van der Waals surface area contributed by atoms with Crippen molar-refractivity contribution in [3.05, 3.63) is 205 Å². The maximum Gasteiger partial charge on any atom is 0.0653 e. The fourth-order valence-corrected chi connectivity index (χ4v) is 9.77. The van der Waals surface area contributed by atoms with Crippen LogP contribution in [0.1, 0.15) is 86.7 Å². The minimum Gasteiger partial charge on any atom is -0.310 e. The van der Waals surface area contributed by atoms with E-state index in [4.69, 9.17) is 17.8 Å². The van der Waals surface area contributed by atoms with Crippen molar-refractivity contribution in [1.29, 1.82) is 0 Å². The Labute approximate surface area is 420 Å². The Morgan fingerprint density at radius 1 is 0.394 bits per heavy atom. The SMILES string of the molecule is [2H]c1ccc(N(c2ccc([2H])cc2)c2c([2H])c([2H])c3c4c([2H])c5c(c([2H])c4n4c6c(C(C)(C)C)c([2H])c([2H])c([2H])c6c2c34)c2c([2H])c([2H])c(N(c3ccc([2H])cc3)c3ccc([2H])cc3)c3c4c([2H])c([2H])c([2H])c(C(C([2H])([2H])[2H])(C([2H])([2H])[2H])C([2H])([2H])[2H])c4n5c23)cc1. The lowest BCUT2D eigenvalue weighted by atomic mass is 9.85. The van der Waals surface area contributed by atoms with E-state index in [1.54, 1.807) is 49.9 Å². The van der Waals surface area contributed by atoms with E-state index in [1.165, 1.54) is 82.1 Å². The van der Waals surface area contributed by atoms with Crippen LogP contribution in [0.3, 0.4) is 0 Å². The average Bonchev–Trinajstić information content (AvgIpc) is 1.48. The monoisotopic (exact) mass is 876 g/mol. The Kier molecular flexibility index (Phi) is 4.40. The van der Waals surface area contributed by atoms with E-state index in [2.05, 4.69) is 0 Å². The van der Waals surface area contributed by atoms with Gasteiger partial charge in [-0.2, -0.15) is 0 Å². The van der Waals surface area contributed by atoms with Crippen molar-refractivity contribution in [2.45, 2.75) is 52.2 Å². The van der Waals surface area contributed by atoms with E-state index < -0.39 is 126 Å². The Hall–Kier alpha value is -7.82. The molecule has 0 spiro atoms. The van der Waals surface area contributed by atoms with E-state index in [0.717, 1.165) is 4.40 Å². The summed E-state index contributed by atoms with van der Waals surface area (Å²) in [5.41, 5.74) is -7.49. The van der Waals surface area contributed by atoms with Gasteiger partial charge in [-0.25, -0.2) is 0 Å². The van der Waals surface area contributed by atoms with Gasteiger partial charge >= 0.3 is 0 Å². The summed E-state index contributed by atoms with van der Waals surface area (Å²) in [6.45, 7) is -7.10. The summed E-state index contributed by atoms with van der Waals surface area (Å²) in [5, 5.41) is -2.14. The second kappa shape index (κ2) is 13.8. The minimum atomic E-state index is -4.13. The standard InChI is InChI=1S/C62H50N4/c1-61(2,3)49-31-19-29-45-55-51(63(39-21-11-7-12-22-39)40-23-13-8-14-24-40)35-33-43-47-38-54-48(37-53(47)65(57(45)49)59(43)55)44-34-36-52(64(41-25-15-9-16-26-41)42-27-17-10-18-28-42)56-46-30-20-32-50(62(4,5)6)58(46)66(54)60(44)56/h7-38H,1-6H3/i1D3,2D3,3D3,7D,8D,9D,10D,19D,20D,29D,30D,31D,32D,33D,34D,35D,36D,37D,38D. The van der Waals surface area contributed by atoms with Gasteiger partial charge in [-0.15, -0.1) is 0 Å². The summed E-state index contributed by atoms with van der Waals surface area (Å²) >= 11 is 0. The van der Waals surface area contributed by atoms with Crippen LogP contribution in [0.25, 0.3) is 76.2 Å². The van der Waals surface area contributed by atoms with Crippen LogP contribution in [0.15, 0.2) is 194 Å². The number of fused-ring (bicyclic) bond motifs is 12. The van der Waals surface area contributed by atoms with E-state index >= 15 is 0 Å². The van der Waals surface area contributed by atoms with Gasteiger partial charge in [-0.3, -0.25) is 0 Å². The molecule has 0 aliphatic rings. The molecule has 0 saturated heterocycles. The number of hydrogen-bond donors (Lipinski definition) is 0. The van der Waals surface area contributed by atoms with Crippen molar-refractivity contribution < 1.29 is 34.3 Å². The smallest absolute Gasteiger partial charge is 0.0653 e. The molecule has 0 saturated carbocycles. The molecule has 4 nitrogen and oxygen atoms in total. The first-order chi connectivity index (χ1) is 42.4. The van der Waals surface area contributed by atoms with Crippen LogP contribution in [0.2, 0.25) is 0 Å². The fraction of sp³-hybridized carbons (Fsp3) is 0.129. The van der Waals surface area contributed by atoms with Crippen molar-refractivity contribution in [2.75, 3.05) is 9.80 Å². The Morgan fingerprint density at radius 2 is 0.758 bits per heavy atom. The molecule has 0 bridgehead atoms. The molecule has 0 amide bonds. The molecule has 4 aromatic heterocycles. The molecule has 13 rings (SSSR count). The number of hydrogen-bond acceptors (Lipinski definition) is 2. The first-order valence-electron chi connectivity index (χ1n) is 33.7. The molecule has 318 valence electrons. The van der Waals surface area contributed by atoms with E-state index in [1.807, 2.05) is 0 Å². The Balaban J connectivity index is 1.38. The first kappa shape index (κ1) is 21.0. The van der Waals surface area contributed by atoms with Gasteiger partial charge in [0.1, 0.15) is 0 Å². The molecule has 0 aliphatic heterocycles. The van der Waals surface area contributed by atoms with Crippen molar-refractivity contribution >= 4 is 110 Å². The lowest BCUT2D eigenvalue weighted by Crippen LogP contribution is -2.12. The fourth-order valence-electron chi connectivity index (χ4n) is 9.77. The molecule has 0 fully saturated rings. The van der Waals surface area contributed by atoms with Crippen LogP contribution in [0.4, 0.5) is 34.1 Å². The van der Waals surface area contributed by atoms with Crippen LogP contribution < -0.4 is 9.80 Å². The summed E-state index contributed by atoms with van der Waals surface area (Å²) < 4.78 is 239. The topological polar surface area (TPSA) is 15.3 Å².